The van der Waals surface area contributed by atoms with E-state index in [0.29, 0.717) is 11.1 Å². The third-order valence-electron chi connectivity index (χ3n) is 1.93. The van der Waals surface area contributed by atoms with Gasteiger partial charge in [0.25, 0.3) is 0 Å². The van der Waals surface area contributed by atoms with Crippen molar-refractivity contribution in [1.29, 1.82) is 0 Å². The van der Waals surface area contributed by atoms with Gasteiger partial charge in [0.05, 0.1) is 11.5 Å². The predicted molar refractivity (Wildman–Crippen MR) is 53.4 cm³/mol. The maximum Gasteiger partial charge on any atom is 0.175 e. The normalized spacial score (nSPS) is 11.6. The van der Waals surface area contributed by atoms with E-state index in [4.69, 9.17) is 10.8 Å². The Hall–Kier alpha value is -0.910. The molecule has 0 fully saturated rings. The molecule has 5 heteroatoms. The zero-order chi connectivity index (χ0) is 10.8. The number of rotatable bonds is 3. The largest absolute Gasteiger partial charge is 0.392 e. The summed E-state index contributed by atoms with van der Waals surface area (Å²) in [6.45, 7) is 0.0350. The summed E-state index contributed by atoms with van der Waals surface area (Å²) in [7, 11) is -3.23. The van der Waals surface area contributed by atoms with Gasteiger partial charge in [-0.2, -0.15) is 0 Å². The molecule has 0 saturated heterocycles. The molecule has 0 unspecified atom stereocenters. The summed E-state index contributed by atoms with van der Waals surface area (Å²) in [6.07, 6.45) is 1.14. The highest BCUT2D eigenvalue weighted by Crippen LogP contribution is 2.17. The first-order valence-corrected chi connectivity index (χ1v) is 6.01. The van der Waals surface area contributed by atoms with Gasteiger partial charge in [0.1, 0.15) is 0 Å². The lowest BCUT2D eigenvalue weighted by molar-refractivity contribution is 0.281. The molecular weight excluding hydrogens is 202 g/mol. The van der Waals surface area contributed by atoms with Crippen molar-refractivity contribution in [1.82, 2.24) is 0 Å². The third-order valence-corrected chi connectivity index (χ3v) is 3.12. The summed E-state index contributed by atoms with van der Waals surface area (Å²) < 4.78 is 22.6. The monoisotopic (exact) mass is 215 g/mol. The summed E-state index contributed by atoms with van der Waals surface area (Å²) in [6, 6.07) is 4.66. The molecule has 14 heavy (non-hydrogen) atoms. The fourth-order valence-corrected chi connectivity index (χ4v) is 2.19. The van der Waals surface area contributed by atoms with Crippen LogP contribution in [0.2, 0.25) is 0 Å². The molecule has 0 aromatic heterocycles. The lowest BCUT2D eigenvalue weighted by Crippen LogP contribution is -2.07. The second-order valence-corrected chi connectivity index (χ2v) is 5.06. The van der Waals surface area contributed by atoms with E-state index in [2.05, 4.69) is 0 Å². The van der Waals surface area contributed by atoms with Crippen molar-refractivity contribution in [3.05, 3.63) is 29.3 Å². The molecule has 1 aromatic carbocycles. The fraction of sp³-hybridized carbons (Fsp3) is 0.333. The molecule has 0 atom stereocenters. The molecule has 4 nitrogen and oxygen atoms in total. The van der Waals surface area contributed by atoms with E-state index < -0.39 is 9.84 Å². The van der Waals surface area contributed by atoms with Crippen LogP contribution in [0.15, 0.2) is 23.1 Å². The maximum absolute atomic E-state index is 11.3. The maximum atomic E-state index is 11.3. The number of hydrogen-bond acceptors (Lipinski definition) is 4. The zero-order valence-corrected chi connectivity index (χ0v) is 8.71. The molecule has 0 bridgehead atoms. The highest BCUT2D eigenvalue weighted by atomic mass is 32.2. The van der Waals surface area contributed by atoms with Crippen LogP contribution in [0.3, 0.4) is 0 Å². The number of benzene rings is 1. The number of sulfone groups is 1. The van der Waals surface area contributed by atoms with Crippen molar-refractivity contribution in [2.45, 2.75) is 18.0 Å². The standard InChI is InChI=1S/C9H13NO3S/c1-14(12,13)9-3-2-7(6-11)4-8(9)5-10/h2-4,11H,5-6,10H2,1H3. The van der Waals surface area contributed by atoms with Crippen LogP contribution in [-0.4, -0.2) is 19.8 Å². The minimum Gasteiger partial charge on any atom is -0.392 e. The van der Waals surface area contributed by atoms with Gasteiger partial charge in [0.15, 0.2) is 9.84 Å². The van der Waals surface area contributed by atoms with Crippen molar-refractivity contribution in [3.8, 4) is 0 Å². The Morgan fingerprint density at radius 2 is 2.07 bits per heavy atom. The van der Waals surface area contributed by atoms with Crippen molar-refractivity contribution in [2.24, 2.45) is 5.73 Å². The van der Waals surface area contributed by atoms with Crippen molar-refractivity contribution < 1.29 is 13.5 Å². The van der Waals surface area contributed by atoms with Gasteiger partial charge in [0, 0.05) is 12.8 Å². The summed E-state index contributed by atoms with van der Waals surface area (Å²) in [5, 5.41) is 8.86. The van der Waals surface area contributed by atoms with Crippen LogP contribution in [0, 0.1) is 0 Å². The molecule has 0 aliphatic heterocycles. The van der Waals surface area contributed by atoms with E-state index in [-0.39, 0.29) is 18.0 Å². The van der Waals surface area contributed by atoms with Crippen molar-refractivity contribution in [3.63, 3.8) is 0 Å². The van der Waals surface area contributed by atoms with Crippen LogP contribution in [-0.2, 0) is 23.0 Å². The third kappa shape index (κ3) is 2.31. The van der Waals surface area contributed by atoms with Crippen LogP contribution in [0.5, 0.6) is 0 Å². The van der Waals surface area contributed by atoms with E-state index in [0.717, 1.165) is 6.26 Å². The highest BCUT2D eigenvalue weighted by molar-refractivity contribution is 7.90. The van der Waals surface area contributed by atoms with E-state index >= 15 is 0 Å². The molecule has 0 amide bonds. The van der Waals surface area contributed by atoms with Gasteiger partial charge in [0.2, 0.25) is 0 Å². The lowest BCUT2D eigenvalue weighted by atomic mass is 10.1. The first-order valence-electron chi connectivity index (χ1n) is 4.12. The number of hydrogen-bond donors (Lipinski definition) is 2. The van der Waals surface area contributed by atoms with Crippen molar-refractivity contribution >= 4 is 9.84 Å². The number of aliphatic hydroxyl groups excluding tert-OH is 1. The van der Waals surface area contributed by atoms with Crippen LogP contribution in [0.25, 0.3) is 0 Å². The van der Waals surface area contributed by atoms with Gasteiger partial charge < -0.3 is 10.8 Å². The van der Waals surface area contributed by atoms with Gasteiger partial charge in [-0.05, 0) is 17.2 Å². The van der Waals surface area contributed by atoms with E-state index in [1.54, 1.807) is 12.1 Å². The Morgan fingerprint density at radius 3 is 2.50 bits per heavy atom. The number of aliphatic hydroxyl groups is 1. The Bertz CT molecular complexity index is 426. The van der Waals surface area contributed by atoms with Gasteiger partial charge in [-0.25, -0.2) is 8.42 Å². The second kappa shape index (κ2) is 4.08. The fourth-order valence-electron chi connectivity index (χ4n) is 1.25. The molecule has 0 radical (unpaired) electrons. The molecule has 0 saturated carbocycles. The van der Waals surface area contributed by atoms with E-state index in [1.165, 1.54) is 6.07 Å². The molecule has 0 heterocycles. The molecule has 0 aliphatic carbocycles. The van der Waals surface area contributed by atoms with E-state index in [9.17, 15) is 8.42 Å². The van der Waals surface area contributed by atoms with Crippen LogP contribution >= 0.6 is 0 Å². The van der Waals surface area contributed by atoms with Crippen LogP contribution in [0.4, 0.5) is 0 Å². The first-order chi connectivity index (χ1) is 6.49. The summed E-state index contributed by atoms with van der Waals surface area (Å²) in [5.74, 6) is 0. The molecule has 78 valence electrons. The topological polar surface area (TPSA) is 80.4 Å². The molecule has 1 rings (SSSR count). The molecular formula is C9H13NO3S. The van der Waals surface area contributed by atoms with Crippen molar-refractivity contribution in [2.75, 3.05) is 6.26 Å². The van der Waals surface area contributed by atoms with Crippen LogP contribution in [0.1, 0.15) is 11.1 Å². The minimum atomic E-state index is -3.23. The SMILES string of the molecule is CS(=O)(=O)c1ccc(CO)cc1CN. The lowest BCUT2D eigenvalue weighted by Gasteiger charge is -2.07. The second-order valence-electron chi connectivity index (χ2n) is 3.08. The molecule has 3 N–H and O–H groups in total. The predicted octanol–water partition coefficient (Wildman–Crippen LogP) is 0.0411. The van der Waals surface area contributed by atoms with Gasteiger partial charge in [-0.15, -0.1) is 0 Å². The highest BCUT2D eigenvalue weighted by Gasteiger charge is 2.12. The summed E-state index contributed by atoms with van der Waals surface area (Å²) in [4.78, 5) is 0.234. The Morgan fingerprint density at radius 1 is 1.43 bits per heavy atom. The van der Waals surface area contributed by atoms with Gasteiger partial charge in [-0.1, -0.05) is 12.1 Å². The Labute approximate surface area is 83.3 Å². The summed E-state index contributed by atoms with van der Waals surface area (Å²) in [5.41, 5.74) is 6.63. The smallest absolute Gasteiger partial charge is 0.175 e. The number of nitrogens with two attached hydrogens (primary N) is 1. The van der Waals surface area contributed by atoms with Gasteiger partial charge >= 0.3 is 0 Å². The first kappa shape index (κ1) is 11.2. The van der Waals surface area contributed by atoms with Crippen LogP contribution < -0.4 is 5.73 Å². The minimum absolute atomic E-state index is 0.114. The van der Waals surface area contributed by atoms with E-state index in [1.807, 2.05) is 0 Å². The molecule has 0 aliphatic rings. The molecule has 1 aromatic rings. The Balaban J connectivity index is 3.33. The average molecular weight is 215 g/mol. The summed E-state index contributed by atoms with van der Waals surface area (Å²) >= 11 is 0. The zero-order valence-electron chi connectivity index (χ0n) is 7.90. The Kier molecular flexibility index (Phi) is 3.25. The average Bonchev–Trinajstić information content (AvgIpc) is 2.15. The quantitative estimate of drug-likeness (QED) is 0.746. The van der Waals surface area contributed by atoms with Gasteiger partial charge in [-0.3, -0.25) is 0 Å². The molecule has 0 spiro atoms.